The summed E-state index contributed by atoms with van der Waals surface area (Å²) in [5.41, 5.74) is 1.70. The SMILES string of the molecule is Cc1ccc(NC(=O)N2CCN(c3cccc(C(F)(F)F)c3)CC2)cc1. The Morgan fingerprint density at radius 2 is 1.65 bits per heavy atom. The number of amides is 2. The first-order valence-electron chi connectivity index (χ1n) is 8.38. The number of piperazine rings is 1. The van der Waals surface area contributed by atoms with Crippen molar-refractivity contribution in [2.24, 2.45) is 0 Å². The van der Waals surface area contributed by atoms with E-state index in [2.05, 4.69) is 5.32 Å². The lowest BCUT2D eigenvalue weighted by molar-refractivity contribution is -0.137. The minimum absolute atomic E-state index is 0.197. The van der Waals surface area contributed by atoms with Gasteiger partial charge in [-0.05, 0) is 37.3 Å². The van der Waals surface area contributed by atoms with E-state index < -0.39 is 11.7 Å². The highest BCUT2D eigenvalue weighted by molar-refractivity contribution is 5.89. The van der Waals surface area contributed by atoms with E-state index in [-0.39, 0.29) is 6.03 Å². The Morgan fingerprint density at radius 3 is 2.27 bits per heavy atom. The van der Waals surface area contributed by atoms with Gasteiger partial charge in [0.05, 0.1) is 5.56 Å². The van der Waals surface area contributed by atoms with Gasteiger partial charge in [0.15, 0.2) is 0 Å². The van der Waals surface area contributed by atoms with Gasteiger partial charge in [0.1, 0.15) is 0 Å². The van der Waals surface area contributed by atoms with Crippen LogP contribution in [0.1, 0.15) is 11.1 Å². The molecule has 0 aromatic heterocycles. The highest BCUT2D eigenvalue weighted by Gasteiger charge is 2.31. The van der Waals surface area contributed by atoms with Crippen LogP contribution in [0.4, 0.5) is 29.3 Å². The van der Waals surface area contributed by atoms with E-state index in [1.807, 2.05) is 36.1 Å². The number of aryl methyl sites for hydroxylation is 1. The standard InChI is InChI=1S/C19H20F3N3O/c1-14-5-7-16(8-6-14)23-18(26)25-11-9-24(10-12-25)17-4-2-3-15(13-17)19(20,21)22/h2-8,13H,9-12H2,1H3,(H,23,26). The molecule has 26 heavy (non-hydrogen) atoms. The van der Waals surface area contributed by atoms with Gasteiger partial charge in [-0.2, -0.15) is 13.2 Å². The second-order valence-electron chi connectivity index (χ2n) is 6.32. The predicted molar refractivity (Wildman–Crippen MR) is 95.4 cm³/mol. The lowest BCUT2D eigenvalue weighted by Crippen LogP contribution is -2.50. The van der Waals surface area contributed by atoms with Crippen molar-refractivity contribution in [3.63, 3.8) is 0 Å². The number of carbonyl (C=O) groups excluding carboxylic acids is 1. The minimum atomic E-state index is -4.36. The molecule has 1 N–H and O–H groups in total. The second kappa shape index (κ2) is 7.27. The maximum atomic E-state index is 12.9. The lowest BCUT2D eigenvalue weighted by Gasteiger charge is -2.36. The Kier molecular flexibility index (Phi) is 5.06. The minimum Gasteiger partial charge on any atom is -0.368 e. The number of urea groups is 1. The number of anilines is 2. The van der Waals surface area contributed by atoms with Crippen molar-refractivity contribution in [3.8, 4) is 0 Å². The second-order valence-corrected chi connectivity index (χ2v) is 6.32. The van der Waals surface area contributed by atoms with Gasteiger partial charge in [-0.3, -0.25) is 0 Å². The molecule has 0 atom stereocenters. The van der Waals surface area contributed by atoms with Gasteiger partial charge < -0.3 is 15.1 Å². The third kappa shape index (κ3) is 4.28. The summed E-state index contributed by atoms with van der Waals surface area (Å²) in [6.45, 7) is 3.85. The molecule has 7 heteroatoms. The topological polar surface area (TPSA) is 35.6 Å². The molecule has 1 aliphatic heterocycles. The smallest absolute Gasteiger partial charge is 0.368 e. The third-order valence-corrected chi connectivity index (χ3v) is 4.41. The molecular formula is C19H20F3N3O. The van der Waals surface area contributed by atoms with Gasteiger partial charge in [0, 0.05) is 37.6 Å². The average molecular weight is 363 g/mol. The van der Waals surface area contributed by atoms with Gasteiger partial charge in [0.2, 0.25) is 0 Å². The fourth-order valence-electron chi connectivity index (χ4n) is 2.89. The molecule has 2 aromatic carbocycles. The van der Waals surface area contributed by atoms with Crippen molar-refractivity contribution in [1.82, 2.24) is 4.90 Å². The number of alkyl halides is 3. The van der Waals surface area contributed by atoms with Gasteiger partial charge in [-0.1, -0.05) is 23.8 Å². The van der Waals surface area contributed by atoms with E-state index in [1.54, 1.807) is 11.0 Å². The molecule has 0 bridgehead atoms. The number of nitrogens with one attached hydrogen (secondary N) is 1. The molecule has 3 rings (SSSR count). The highest BCUT2D eigenvalue weighted by Crippen LogP contribution is 2.31. The van der Waals surface area contributed by atoms with Gasteiger partial charge in [-0.25, -0.2) is 4.79 Å². The summed E-state index contributed by atoms with van der Waals surface area (Å²) < 4.78 is 38.6. The van der Waals surface area contributed by atoms with Gasteiger partial charge in [-0.15, -0.1) is 0 Å². The Balaban J connectivity index is 1.59. The van der Waals surface area contributed by atoms with E-state index in [4.69, 9.17) is 0 Å². The molecule has 0 unspecified atom stereocenters. The van der Waals surface area contributed by atoms with E-state index in [1.165, 1.54) is 6.07 Å². The molecule has 4 nitrogen and oxygen atoms in total. The number of halogens is 3. The normalized spacial score (nSPS) is 15.1. The largest absolute Gasteiger partial charge is 0.416 e. The fraction of sp³-hybridized carbons (Fsp3) is 0.316. The maximum Gasteiger partial charge on any atom is 0.416 e. The molecule has 0 saturated carbocycles. The van der Waals surface area contributed by atoms with E-state index >= 15 is 0 Å². The zero-order chi connectivity index (χ0) is 18.7. The molecule has 2 amide bonds. The van der Waals surface area contributed by atoms with Crippen LogP contribution in [0.3, 0.4) is 0 Å². The summed E-state index contributed by atoms with van der Waals surface area (Å²) in [7, 11) is 0. The van der Waals surface area contributed by atoms with Crippen LogP contribution in [0.2, 0.25) is 0 Å². The summed E-state index contributed by atoms with van der Waals surface area (Å²) in [5, 5.41) is 2.84. The molecule has 1 fully saturated rings. The Morgan fingerprint density at radius 1 is 1.00 bits per heavy atom. The number of rotatable bonds is 2. The number of hydrogen-bond acceptors (Lipinski definition) is 2. The monoisotopic (exact) mass is 363 g/mol. The molecule has 138 valence electrons. The van der Waals surface area contributed by atoms with Crippen LogP contribution in [0, 0.1) is 6.92 Å². The molecular weight excluding hydrogens is 343 g/mol. The van der Waals surface area contributed by atoms with Crippen LogP contribution in [0.15, 0.2) is 48.5 Å². The van der Waals surface area contributed by atoms with E-state index in [0.717, 1.165) is 23.4 Å². The predicted octanol–water partition coefficient (Wildman–Crippen LogP) is 4.37. The number of benzene rings is 2. The first-order valence-corrected chi connectivity index (χ1v) is 8.38. The zero-order valence-electron chi connectivity index (χ0n) is 14.4. The number of carbonyl (C=O) groups is 1. The first-order chi connectivity index (χ1) is 12.3. The number of hydrogen-bond donors (Lipinski definition) is 1. The average Bonchev–Trinajstić information content (AvgIpc) is 2.63. The van der Waals surface area contributed by atoms with Crippen molar-refractivity contribution in [3.05, 3.63) is 59.7 Å². The van der Waals surface area contributed by atoms with Crippen LogP contribution in [-0.4, -0.2) is 37.1 Å². The zero-order valence-corrected chi connectivity index (χ0v) is 14.4. The Bertz CT molecular complexity index is 766. The van der Waals surface area contributed by atoms with Crippen molar-refractivity contribution in [2.75, 3.05) is 36.4 Å². The number of nitrogens with zero attached hydrogens (tertiary/aromatic N) is 2. The summed E-state index contributed by atoms with van der Waals surface area (Å²) in [5.74, 6) is 0. The van der Waals surface area contributed by atoms with Gasteiger partial charge in [0.25, 0.3) is 0 Å². The van der Waals surface area contributed by atoms with Crippen LogP contribution in [-0.2, 0) is 6.18 Å². The summed E-state index contributed by atoms with van der Waals surface area (Å²) >= 11 is 0. The summed E-state index contributed by atoms with van der Waals surface area (Å²) in [6, 6.07) is 12.6. The van der Waals surface area contributed by atoms with Crippen LogP contribution in [0.25, 0.3) is 0 Å². The fourth-order valence-corrected chi connectivity index (χ4v) is 2.89. The highest BCUT2D eigenvalue weighted by atomic mass is 19.4. The Labute approximate surface area is 150 Å². The summed E-state index contributed by atoms with van der Waals surface area (Å²) in [6.07, 6.45) is -4.36. The maximum absolute atomic E-state index is 12.9. The third-order valence-electron chi connectivity index (χ3n) is 4.41. The summed E-state index contributed by atoms with van der Waals surface area (Å²) in [4.78, 5) is 15.9. The first kappa shape index (κ1) is 18.1. The van der Waals surface area contributed by atoms with Gasteiger partial charge >= 0.3 is 12.2 Å². The lowest BCUT2D eigenvalue weighted by atomic mass is 10.1. The molecule has 2 aromatic rings. The molecule has 1 aliphatic rings. The molecule has 0 spiro atoms. The van der Waals surface area contributed by atoms with Crippen LogP contribution in [0.5, 0.6) is 0 Å². The molecule has 0 radical (unpaired) electrons. The molecule has 1 heterocycles. The van der Waals surface area contributed by atoms with E-state index in [9.17, 15) is 18.0 Å². The molecule has 0 aliphatic carbocycles. The van der Waals surface area contributed by atoms with Crippen molar-refractivity contribution in [2.45, 2.75) is 13.1 Å². The van der Waals surface area contributed by atoms with E-state index in [0.29, 0.717) is 31.9 Å². The molecule has 1 saturated heterocycles. The van der Waals surface area contributed by atoms with Crippen LogP contribution >= 0.6 is 0 Å². The quantitative estimate of drug-likeness (QED) is 0.860. The van der Waals surface area contributed by atoms with Crippen molar-refractivity contribution in [1.29, 1.82) is 0 Å². The van der Waals surface area contributed by atoms with Crippen LogP contribution < -0.4 is 10.2 Å². The Hall–Kier alpha value is -2.70. The van der Waals surface area contributed by atoms with Crippen molar-refractivity contribution < 1.29 is 18.0 Å². The van der Waals surface area contributed by atoms with Crippen molar-refractivity contribution >= 4 is 17.4 Å².